The number of nitrogens with zero attached hydrogens (tertiary/aromatic N) is 2. The molecule has 29 heavy (non-hydrogen) atoms. The fourth-order valence-corrected chi connectivity index (χ4v) is 3.60. The van der Waals surface area contributed by atoms with Crippen LogP contribution in [0, 0.1) is 0 Å². The summed E-state index contributed by atoms with van der Waals surface area (Å²) in [6.07, 6.45) is 2.27. The van der Waals surface area contributed by atoms with Crippen LogP contribution < -0.4 is 5.32 Å². The summed E-state index contributed by atoms with van der Waals surface area (Å²) in [5.74, 6) is 0.828. The largest absolute Gasteiger partial charge is 0.381 e. The minimum Gasteiger partial charge on any atom is -0.381 e. The SMILES string of the molecule is CN=C(NCc1cccc(COC2CCOCC2)c1)N(C)Cc1ccccc1Cl. The standard InChI is InChI=1S/C23H30ClN3O2/c1-25-23(27(2)16-20-8-3-4-9-22(20)24)26-15-18-6-5-7-19(14-18)17-29-21-10-12-28-13-11-21/h3-9,14,21H,10-13,15-17H2,1-2H3,(H,25,26). The molecule has 0 aliphatic carbocycles. The summed E-state index contributed by atoms with van der Waals surface area (Å²) in [6.45, 7) is 3.63. The van der Waals surface area contributed by atoms with Gasteiger partial charge < -0.3 is 19.7 Å². The molecule has 1 saturated heterocycles. The maximum absolute atomic E-state index is 6.29. The van der Waals surface area contributed by atoms with Gasteiger partial charge in [-0.15, -0.1) is 0 Å². The van der Waals surface area contributed by atoms with Gasteiger partial charge in [0, 0.05) is 45.4 Å². The van der Waals surface area contributed by atoms with E-state index in [-0.39, 0.29) is 0 Å². The van der Waals surface area contributed by atoms with E-state index in [4.69, 9.17) is 21.1 Å². The molecule has 0 saturated carbocycles. The van der Waals surface area contributed by atoms with Crippen molar-refractivity contribution in [1.82, 2.24) is 10.2 Å². The van der Waals surface area contributed by atoms with Crippen LogP contribution in [0.15, 0.2) is 53.5 Å². The molecule has 6 heteroatoms. The Morgan fingerprint density at radius 2 is 1.93 bits per heavy atom. The first-order valence-corrected chi connectivity index (χ1v) is 10.5. The molecule has 5 nitrogen and oxygen atoms in total. The van der Waals surface area contributed by atoms with Gasteiger partial charge in [-0.25, -0.2) is 0 Å². The van der Waals surface area contributed by atoms with Crippen LogP contribution in [-0.2, 0) is 29.2 Å². The second-order valence-corrected chi connectivity index (χ2v) is 7.70. The third kappa shape index (κ3) is 6.74. The second-order valence-electron chi connectivity index (χ2n) is 7.29. The first-order valence-electron chi connectivity index (χ1n) is 10.1. The van der Waals surface area contributed by atoms with E-state index in [1.165, 1.54) is 11.1 Å². The Morgan fingerprint density at radius 3 is 2.69 bits per heavy atom. The highest BCUT2D eigenvalue weighted by atomic mass is 35.5. The first kappa shape index (κ1) is 21.6. The maximum atomic E-state index is 6.29. The Hall–Kier alpha value is -2.08. The van der Waals surface area contributed by atoms with Crippen molar-refractivity contribution in [3.63, 3.8) is 0 Å². The van der Waals surface area contributed by atoms with Gasteiger partial charge in [0.05, 0.1) is 12.7 Å². The Bertz CT molecular complexity index is 806. The number of ether oxygens (including phenoxy) is 2. The van der Waals surface area contributed by atoms with Gasteiger partial charge in [0.25, 0.3) is 0 Å². The molecule has 1 aliphatic heterocycles. The highest BCUT2D eigenvalue weighted by Gasteiger charge is 2.14. The quantitative estimate of drug-likeness (QED) is 0.542. The fraction of sp³-hybridized carbons (Fsp3) is 0.435. The molecule has 1 N–H and O–H groups in total. The predicted molar refractivity (Wildman–Crippen MR) is 118 cm³/mol. The van der Waals surface area contributed by atoms with Crippen molar-refractivity contribution in [2.75, 3.05) is 27.3 Å². The molecular weight excluding hydrogens is 386 g/mol. The molecular formula is C23H30ClN3O2. The van der Waals surface area contributed by atoms with E-state index in [0.717, 1.165) is 42.6 Å². The smallest absolute Gasteiger partial charge is 0.193 e. The molecule has 1 aliphatic rings. The third-order valence-electron chi connectivity index (χ3n) is 5.03. The lowest BCUT2D eigenvalue weighted by atomic mass is 10.1. The summed E-state index contributed by atoms with van der Waals surface area (Å²) in [5, 5.41) is 4.20. The molecule has 156 valence electrons. The topological polar surface area (TPSA) is 46.1 Å². The fourth-order valence-electron chi connectivity index (χ4n) is 3.41. The van der Waals surface area contributed by atoms with E-state index in [0.29, 0.717) is 25.8 Å². The molecule has 0 spiro atoms. The van der Waals surface area contributed by atoms with Gasteiger partial charge in [-0.1, -0.05) is 54.1 Å². The molecule has 0 atom stereocenters. The zero-order chi connectivity index (χ0) is 20.5. The van der Waals surface area contributed by atoms with Crippen LogP contribution in [-0.4, -0.2) is 44.3 Å². The zero-order valence-electron chi connectivity index (χ0n) is 17.2. The van der Waals surface area contributed by atoms with Crippen LogP contribution in [0.1, 0.15) is 29.5 Å². The van der Waals surface area contributed by atoms with Crippen molar-refractivity contribution in [3.05, 3.63) is 70.2 Å². The van der Waals surface area contributed by atoms with Gasteiger partial charge >= 0.3 is 0 Å². The molecule has 2 aromatic carbocycles. The number of hydrogen-bond donors (Lipinski definition) is 1. The molecule has 1 heterocycles. The summed E-state index contributed by atoms with van der Waals surface area (Å²) in [7, 11) is 3.81. The average molecular weight is 416 g/mol. The van der Waals surface area contributed by atoms with E-state index in [1.54, 1.807) is 7.05 Å². The first-order chi connectivity index (χ1) is 14.2. The van der Waals surface area contributed by atoms with Crippen molar-refractivity contribution in [2.24, 2.45) is 4.99 Å². The summed E-state index contributed by atoms with van der Waals surface area (Å²) < 4.78 is 11.4. The predicted octanol–water partition coefficient (Wildman–Crippen LogP) is 4.24. The molecule has 2 aromatic rings. The lowest BCUT2D eigenvalue weighted by molar-refractivity contribution is -0.0390. The lowest BCUT2D eigenvalue weighted by Gasteiger charge is -2.23. The average Bonchev–Trinajstić information content (AvgIpc) is 2.75. The van der Waals surface area contributed by atoms with Crippen LogP contribution in [0.3, 0.4) is 0 Å². The van der Waals surface area contributed by atoms with Crippen LogP contribution in [0.25, 0.3) is 0 Å². The van der Waals surface area contributed by atoms with E-state index in [2.05, 4.69) is 39.5 Å². The van der Waals surface area contributed by atoms with Crippen LogP contribution >= 0.6 is 11.6 Å². The van der Waals surface area contributed by atoms with Gasteiger partial charge in [0.1, 0.15) is 0 Å². The summed E-state index contributed by atoms with van der Waals surface area (Å²) in [5.41, 5.74) is 3.47. The molecule has 0 aromatic heterocycles. The number of guanidine groups is 1. The highest BCUT2D eigenvalue weighted by molar-refractivity contribution is 6.31. The van der Waals surface area contributed by atoms with E-state index >= 15 is 0 Å². The van der Waals surface area contributed by atoms with E-state index < -0.39 is 0 Å². The number of hydrogen-bond acceptors (Lipinski definition) is 3. The van der Waals surface area contributed by atoms with Gasteiger partial charge in [-0.05, 0) is 35.6 Å². The van der Waals surface area contributed by atoms with Gasteiger partial charge in [0.15, 0.2) is 5.96 Å². The van der Waals surface area contributed by atoms with Crippen LogP contribution in [0.5, 0.6) is 0 Å². The molecule has 1 fully saturated rings. The molecule has 0 bridgehead atoms. The van der Waals surface area contributed by atoms with Crippen molar-refractivity contribution in [2.45, 2.75) is 38.6 Å². The number of nitrogens with one attached hydrogen (secondary N) is 1. The third-order valence-corrected chi connectivity index (χ3v) is 5.40. The van der Waals surface area contributed by atoms with Crippen molar-refractivity contribution >= 4 is 17.6 Å². The van der Waals surface area contributed by atoms with E-state index in [1.807, 2.05) is 31.3 Å². The van der Waals surface area contributed by atoms with Gasteiger partial charge in [-0.2, -0.15) is 0 Å². The second kappa shape index (κ2) is 11.2. The summed E-state index contributed by atoms with van der Waals surface area (Å²) >= 11 is 6.29. The summed E-state index contributed by atoms with van der Waals surface area (Å²) in [4.78, 5) is 6.47. The van der Waals surface area contributed by atoms with Crippen molar-refractivity contribution in [1.29, 1.82) is 0 Å². The maximum Gasteiger partial charge on any atom is 0.193 e. The van der Waals surface area contributed by atoms with Crippen LogP contribution in [0.4, 0.5) is 0 Å². The Labute approximate surface area is 178 Å². The van der Waals surface area contributed by atoms with E-state index in [9.17, 15) is 0 Å². The minimum atomic E-state index is 0.308. The lowest BCUT2D eigenvalue weighted by Crippen LogP contribution is -2.38. The molecule has 0 amide bonds. The molecule has 3 rings (SSSR count). The highest BCUT2D eigenvalue weighted by Crippen LogP contribution is 2.17. The number of aliphatic imine (C=N–C) groups is 1. The van der Waals surface area contributed by atoms with Crippen LogP contribution in [0.2, 0.25) is 5.02 Å². The molecule has 0 radical (unpaired) electrons. The Morgan fingerprint density at radius 1 is 1.17 bits per heavy atom. The monoisotopic (exact) mass is 415 g/mol. The Kier molecular flexibility index (Phi) is 8.35. The number of benzene rings is 2. The molecule has 0 unspecified atom stereocenters. The van der Waals surface area contributed by atoms with Gasteiger partial charge in [0.2, 0.25) is 0 Å². The van der Waals surface area contributed by atoms with Crippen molar-refractivity contribution < 1.29 is 9.47 Å². The van der Waals surface area contributed by atoms with Crippen molar-refractivity contribution in [3.8, 4) is 0 Å². The zero-order valence-corrected chi connectivity index (χ0v) is 18.0. The van der Waals surface area contributed by atoms with Gasteiger partial charge in [-0.3, -0.25) is 4.99 Å². The normalized spacial score (nSPS) is 15.3. The minimum absolute atomic E-state index is 0.308. The number of rotatable bonds is 7. The summed E-state index contributed by atoms with van der Waals surface area (Å²) in [6, 6.07) is 16.4. The Balaban J connectivity index is 1.51. The number of halogens is 1.